The molecule has 1 aliphatic heterocycles. The summed E-state index contributed by atoms with van der Waals surface area (Å²) in [5, 5.41) is 12.5. The fraction of sp³-hybridized carbons (Fsp3) is 0.304. The molecule has 6 nitrogen and oxygen atoms in total. The predicted octanol–water partition coefficient (Wildman–Crippen LogP) is 4.74. The average molecular weight is 453 g/mol. The van der Waals surface area contributed by atoms with E-state index >= 15 is 0 Å². The molecule has 3 aromatic rings. The molecule has 1 aromatic heterocycles. The van der Waals surface area contributed by atoms with Gasteiger partial charge in [-0.25, -0.2) is 0 Å². The van der Waals surface area contributed by atoms with Crippen LogP contribution < -0.4 is 10.2 Å². The molecular formula is C23H24N4O2S2. The molecule has 4 rings (SSSR count). The zero-order valence-corrected chi connectivity index (χ0v) is 18.9. The Labute approximate surface area is 190 Å². The van der Waals surface area contributed by atoms with Crippen molar-refractivity contribution in [1.29, 1.82) is 0 Å². The second-order valence-corrected chi connectivity index (χ2v) is 9.51. The van der Waals surface area contributed by atoms with Crippen molar-refractivity contribution in [3.63, 3.8) is 0 Å². The monoisotopic (exact) mass is 452 g/mol. The third-order valence-corrected chi connectivity index (χ3v) is 7.17. The van der Waals surface area contributed by atoms with Gasteiger partial charge in [0.15, 0.2) is 0 Å². The highest BCUT2D eigenvalue weighted by molar-refractivity contribution is 7.99. The van der Waals surface area contributed by atoms with Gasteiger partial charge in [0.05, 0.1) is 0 Å². The van der Waals surface area contributed by atoms with Crippen LogP contribution >= 0.6 is 23.1 Å². The lowest BCUT2D eigenvalue weighted by atomic mass is 10.1. The van der Waals surface area contributed by atoms with E-state index in [1.54, 1.807) is 11.8 Å². The Hall–Kier alpha value is -2.71. The Morgan fingerprint density at radius 3 is 2.68 bits per heavy atom. The number of nitrogens with one attached hydrogen (secondary N) is 1. The number of rotatable bonds is 8. The van der Waals surface area contributed by atoms with Crippen molar-refractivity contribution in [2.45, 2.75) is 37.0 Å². The maximum Gasteiger partial charge on any atom is 0.227 e. The molecule has 0 aliphatic carbocycles. The summed E-state index contributed by atoms with van der Waals surface area (Å²) in [6.07, 6.45) is 1.78. The number of aromatic nitrogens is 2. The van der Waals surface area contributed by atoms with Crippen molar-refractivity contribution in [3.8, 4) is 0 Å². The largest absolute Gasteiger partial charge is 0.312 e. The third kappa shape index (κ3) is 5.51. The standard InChI is InChI=1S/C23H24N4O2S2/c1-2-16-8-10-18(11-9-16)27-15-17(14-21(27)29)22-25-26-23(31-22)24-20(28)12-13-30-19-6-4-3-5-7-19/h3-11,17H,2,12-15H2,1H3,(H,24,26,28). The quantitative estimate of drug-likeness (QED) is 0.500. The Morgan fingerprint density at radius 1 is 1.16 bits per heavy atom. The van der Waals surface area contributed by atoms with E-state index in [1.165, 1.54) is 16.9 Å². The van der Waals surface area contributed by atoms with Crippen LogP contribution in [0.2, 0.25) is 0 Å². The highest BCUT2D eigenvalue weighted by atomic mass is 32.2. The van der Waals surface area contributed by atoms with Gasteiger partial charge < -0.3 is 10.2 Å². The molecule has 0 radical (unpaired) electrons. The van der Waals surface area contributed by atoms with Gasteiger partial charge in [-0.05, 0) is 36.2 Å². The molecule has 8 heteroatoms. The lowest BCUT2D eigenvalue weighted by Gasteiger charge is -2.16. The molecular weight excluding hydrogens is 428 g/mol. The molecule has 0 saturated carbocycles. The van der Waals surface area contributed by atoms with Gasteiger partial charge in [0.2, 0.25) is 16.9 Å². The zero-order valence-electron chi connectivity index (χ0n) is 17.3. The normalized spacial score (nSPS) is 16.0. The number of hydrogen-bond acceptors (Lipinski definition) is 6. The van der Waals surface area contributed by atoms with Gasteiger partial charge in [-0.15, -0.1) is 22.0 Å². The van der Waals surface area contributed by atoms with Crippen LogP contribution in [0.25, 0.3) is 0 Å². The number of amides is 2. The summed E-state index contributed by atoms with van der Waals surface area (Å²) in [6, 6.07) is 18.1. The summed E-state index contributed by atoms with van der Waals surface area (Å²) in [5.41, 5.74) is 2.16. The van der Waals surface area contributed by atoms with Crippen molar-refractivity contribution in [3.05, 3.63) is 65.2 Å². The second-order valence-electron chi connectivity index (χ2n) is 7.33. The summed E-state index contributed by atoms with van der Waals surface area (Å²) < 4.78 is 0. The van der Waals surface area contributed by atoms with Crippen molar-refractivity contribution >= 4 is 45.7 Å². The lowest BCUT2D eigenvalue weighted by molar-refractivity contribution is -0.117. The van der Waals surface area contributed by atoms with Crippen molar-refractivity contribution in [1.82, 2.24) is 10.2 Å². The van der Waals surface area contributed by atoms with E-state index in [1.807, 2.05) is 47.4 Å². The second kappa shape index (κ2) is 10.1. The van der Waals surface area contributed by atoms with Crippen LogP contribution in [0.15, 0.2) is 59.5 Å². The predicted molar refractivity (Wildman–Crippen MR) is 126 cm³/mol. The number of aryl methyl sites for hydroxylation is 1. The summed E-state index contributed by atoms with van der Waals surface area (Å²) in [5.74, 6) is 0.708. The molecule has 1 atom stereocenters. The molecule has 1 aliphatic rings. The number of benzene rings is 2. The lowest BCUT2D eigenvalue weighted by Crippen LogP contribution is -2.24. The van der Waals surface area contributed by atoms with Crippen LogP contribution in [-0.4, -0.2) is 34.3 Å². The van der Waals surface area contributed by atoms with Crippen molar-refractivity contribution < 1.29 is 9.59 Å². The Morgan fingerprint density at radius 2 is 1.94 bits per heavy atom. The van der Waals surface area contributed by atoms with Gasteiger partial charge in [-0.3, -0.25) is 9.59 Å². The Bertz CT molecular complexity index is 1040. The Balaban J connectivity index is 1.30. The fourth-order valence-corrected chi connectivity index (χ4v) is 5.17. The summed E-state index contributed by atoms with van der Waals surface area (Å²) in [4.78, 5) is 27.7. The van der Waals surface area contributed by atoms with Gasteiger partial charge in [-0.2, -0.15) is 0 Å². The number of thioether (sulfide) groups is 1. The number of nitrogens with zero attached hydrogens (tertiary/aromatic N) is 3. The van der Waals surface area contributed by atoms with Gasteiger partial charge in [0.1, 0.15) is 5.01 Å². The minimum atomic E-state index is -0.0775. The fourth-order valence-electron chi connectivity index (χ4n) is 3.44. The van der Waals surface area contributed by atoms with E-state index in [4.69, 9.17) is 0 Å². The van der Waals surface area contributed by atoms with E-state index in [2.05, 4.69) is 34.6 Å². The molecule has 1 fully saturated rings. The number of hydrogen-bond donors (Lipinski definition) is 1. The van der Waals surface area contributed by atoms with Crippen LogP contribution in [0.4, 0.5) is 10.8 Å². The van der Waals surface area contributed by atoms with Crippen LogP contribution in [0.1, 0.15) is 36.3 Å². The molecule has 0 bridgehead atoms. The van der Waals surface area contributed by atoms with E-state index in [-0.39, 0.29) is 17.7 Å². The van der Waals surface area contributed by atoms with Gasteiger partial charge in [-0.1, -0.05) is 48.6 Å². The van der Waals surface area contributed by atoms with Crippen LogP contribution in [0.3, 0.4) is 0 Å². The first-order chi connectivity index (χ1) is 15.1. The van der Waals surface area contributed by atoms with Crippen LogP contribution in [-0.2, 0) is 16.0 Å². The van der Waals surface area contributed by atoms with Crippen molar-refractivity contribution in [2.24, 2.45) is 0 Å². The third-order valence-electron chi connectivity index (χ3n) is 5.16. The molecule has 2 amide bonds. The maximum absolute atomic E-state index is 12.5. The van der Waals surface area contributed by atoms with Crippen LogP contribution in [0.5, 0.6) is 0 Å². The first kappa shape index (κ1) is 21.5. The summed E-state index contributed by atoms with van der Waals surface area (Å²) in [7, 11) is 0. The number of carbonyl (C=O) groups excluding carboxylic acids is 2. The first-order valence-electron chi connectivity index (χ1n) is 10.3. The highest BCUT2D eigenvalue weighted by Gasteiger charge is 2.34. The van der Waals surface area contributed by atoms with Gasteiger partial charge >= 0.3 is 0 Å². The summed E-state index contributed by atoms with van der Waals surface area (Å²) >= 11 is 3.00. The minimum absolute atomic E-state index is 0.00450. The topological polar surface area (TPSA) is 75.2 Å². The van der Waals surface area contributed by atoms with Gasteiger partial charge in [0, 0.05) is 41.6 Å². The SMILES string of the molecule is CCc1ccc(N2CC(c3nnc(NC(=O)CCSc4ccccc4)s3)CC2=O)cc1. The Kier molecular flexibility index (Phi) is 6.99. The molecule has 2 heterocycles. The van der Waals surface area contributed by atoms with E-state index < -0.39 is 0 Å². The average Bonchev–Trinajstić information content (AvgIpc) is 3.41. The minimum Gasteiger partial charge on any atom is -0.312 e. The van der Waals surface area contributed by atoms with E-state index in [0.717, 1.165) is 22.0 Å². The van der Waals surface area contributed by atoms with E-state index in [0.29, 0.717) is 30.3 Å². The van der Waals surface area contributed by atoms with Crippen LogP contribution in [0, 0.1) is 0 Å². The first-order valence-corrected chi connectivity index (χ1v) is 12.1. The maximum atomic E-state index is 12.5. The zero-order chi connectivity index (χ0) is 21.6. The smallest absolute Gasteiger partial charge is 0.227 e. The molecule has 0 spiro atoms. The van der Waals surface area contributed by atoms with Gasteiger partial charge in [0.25, 0.3) is 0 Å². The molecule has 31 heavy (non-hydrogen) atoms. The molecule has 2 aromatic carbocycles. The number of carbonyl (C=O) groups is 2. The summed E-state index contributed by atoms with van der Waals surface area (Å²) in [6.45, 7) is 2.70. The molecule has 1 unspecified atom stereocenters. The molecule has 160 valence electrons. The number of anilines is 2. The highest BCUT2D eigenvalue weighted by Crippen LogP contribution is 2.34. The van der Waals surface area contributed by atoms with E-state index in [9.17, 15) is 9.59 Å². The molecule has 1 N–H and O–H groups in total. The molecule has 1 saturated heterocycles. The van der Waals surface area contributed by atoms with Crippen molar-refractivity contribution in [2.75, 3.05) is 22.5 Å².